The molecule has 382 valence electrons. The van der Waals surface area contributed by atoms with Gasteiger partial charge in [0.1, 0.15) is 13.2 Å². The van der Waals surface area contributed by atoms with Crippen molar-refractivity contribution >= 4 is 17.9 Å². The van der Waals surface area contributed by atoms with Crippen LogP contribution in [-0.4, -0.2) is 37.2 Å². The van der Waals surface area contributed by atoms with Gasteiger partial charge in [-0.05, 0) is 116 Å². The zero-order valence-corrected chi connectivity index (χ0v) is 43.6. The summed E-state index contributed by atoms with van der Waals surface area (Å²) in [5.74, 6) is -0.931. The first kappa shape index (κ1) is 63.3. The number of hydrogen-bond acceptors (Lipinski definition) is 6. The molecular formula is C61H102O6. The van der Waals surface area contributed by atoms with Crippen molar-refractivity contribution in [2.24, 2.45) is 0 Å². The number of allylic oxidation sites excluding steroid dienone is 16. The topological polar surface area (TPSA) is 78.9 Å². The van der Waals surface area contributed by atoms with Crippen molar-refractivity contribution in [1.82, 2.24) is 0 Å². The van der Waals surface area contributed by atoms with Crippen LogP contribution < -0.4 is 0 Å². The second-order valence-corrected chi connectivity index (χ2v) is 18.1. The van der Waals surface area contributed by atoms with Crippen molar-refractivity contribution in [1.29, 1.82) is 0 Å². The summed E-state index contributed by atoms with van der Waals surface area (Å²) in [5, 5.41) is 0. The summed E-state index contributed by atoms with van der Waals surface area (Å²) in [4.78, 5) is 38.1. The van der Waals surface area contributed by atoms with Gasteiger partial charge in [0.15, 0.2) is 6.10 Å². The minimum absolute atomic E-state index is 0.0932. The SMILES string of the molecule is CC/C=C\C/C=C\C/C=C\CCCCCCCC(=O)OC[C@H](COC(=O)CCCCCCCCCCC/C=C\C/C=C\CCCCC)OC(=O)CCCCCCC/C=C\C/C=C\C/C=C\CC. The molecule has 0 aliphatic heterocycles. The Morgan fingerprint density at radius 1 is 0.313 bits per heavy atom. The average Bonchev–Trinajstić information content (AvgIpc) is 3.33. The first-order valence-corrected chi connectivity index (χ1v) is 27.7. The fourth-order valence-electron chi connectivity index (χ4n) is 7.44. The highest BCUT2D eigenvalue weighted by molar-refractivity contribution is 5.71. The van der Waals surface area contributed by atoms with E-state index in [9.17, 15) is 14.4 Å². The van der Waals surface area contributed by atoms with Gasteiger partial charge in [-0.1, -0.05) is 214 Å². The van der Waals surface area contributed by atoms with Gasteiger partial charge >= 0.3 is 17.9 Å². The third-order valence-electron chi connectivity index (χ3n) is 11.6. The zero-order chi connectivity index (χ0) is 48.6. The number of unbranched alkanes of at least 4 members (excludes halogenated alkanes) is 22. The number of carbonyl (C=O) groups excluding carboxylic acids is 3. The Bertz CT molecular complexity index is 1350. The van der Waals surface area contributed by atoms with E-state index < -0.39 is 6.10 Å². The minimum Gasteiger partial charge on any atom is -0.462 e. The van der Waals surface area contributed by atoms with Crippen LogP contribution in [0.25, 0.3) is 0 Å². The lowest BCUT2D eigenvalue weighted by atomic mass is 10.1. The summed E-state index contributed by atoms with van der Waals surface area (Å²) >= 11 is 0. The predicted octanol–water partition coefficient (Wildman–Crippen LogP) is 18.5. The average molecular weight is 931 g/mol. The summed E-state index contributed by atoms with van der Waals surface area (Å²) in [5.41, 5.74) is 0. The van der Waals surface area contributed by atoms with E-state index in [2.05, 4.69) is 118 Å². The van der Waals surface area contributed by atoms with Crippen LogP contribution in [-0.2, 0) is 28.6 Å². The Balaban J connectivity index is 4.43. The summed E-state index contributed by atoms with van der Waals surface area (Å²) < 4.78 is 16.8. The Morgan fingerprint density at radius 2 is 0.582 bits per heavy atom. The molecule has 1 atom stereocenters. The molecule has 6 nitrogen and oxygen atoms in total. The molecular weight excluding hydrogens is 829 g/mol. The van der Waals surface area contributed by atoms with Crippen molar-refractivity contribution in [3.8, 4) is 0 Å². The highest BCUT2D eigenvalue weighted by Gasteiger charge is 2.19. The largest absolute Gasteiger partial charge is 0.462 e. The molecule has 0 amide bonds. The summed E-state index contributed by atoms with van der Waals surface area (Å²) in [7, 11) is 0. The molecule has 0 aromatic rings. The quantitative estimate of drug-likeness (QED) is 0.0262. The van der Waals surface area contributed by atoms with Crippen molar-refractivity contribution in [2.75, 3.05) is 13.2 Å². The van der Waals surface area contributed by atoms with Gasteiger partial charge in [-0.3, -0.25) is 14.4 Å². The highest BCUT2D eigenvalue weighted by Crippen LogP contribution is 2.14. The van der Waals surface area contributed by atoms with Gasteiger partial charge in [-0.2, -0.15) is 0 Å². The van der Waals surface area contributed by atoms with Gasteiger partial charge in [0.25, 0.3) is 0 Å². The van der Waals surface area contributed by atoms with Crippen LogP contribution in [0.5, 0.6) is 0 Å². The molecule has 0 aliphatic rings. The fourth-order valence-corrected chi connectivity index (χ4v) is 7.44. The van der Waals surface area contributed by atoms with Gasteiger partial charge < -0.3 is 14.2 Å². The maximum atomic E-state index is 12.8. The van der Waals surface area contributed by atoms with Crippen molar-refractivity contribution in [3.63, 3.8) is 0 Å². The Kier molecular flexibility index (Phi) is 51.9. The number of rotatable bonds is 49. The zero-order valence-electron chi connectivity index (χ0n) is 43.6. The van der Waals surface area contributed by atoms with E-state index in [0.29, 0.717) is 19.3 Å². The number of esters is 3. The predicted molar refractivity (Wildman–Crippen MR) is 288 cm³/mol. The van der Waals surface area contributed by atoms with E-state index in [1.807, 2.05) is 0 Å². The molecule has 0 unspecified atom stereocenters. The lowest BCUT2D eigenvalue weighted by molar-refractivity contribution is -0.167. The standard InChI is InChI=1S/C61H102O6/c1-4-7-10-13-16-19-22-25-28-29-30-31-34-36-39-42-45-48-51-54-60(63)66-57-58(67-61(64)55-52-49-46-43-40-37-33-27-24-21-18-15-12-9-6-3)56-65-59(62)53-50-47-44-41-38-35-32-26-23-20-17-14-11-8-5-2/h8-9,11-12,16-21,25-28,32-33,58H,4-7,10,13-15,22-24,29-31,34-57H2,1-3H3/b11-8-,12-9-,19-16-,20-17-,21-18-,28-25-,32-26-,33-27-/t58-/m1/s1. The maximum absolute atomic E-state index is 12.8. The fraction of sp³-hybridized carbons (Fsp3) is 0.689. The van der Waals surface area contributed by atoms with Crippen LogP contribution in [0.3, 0.4) is 0 Å². The van der Waals surface area contributed by atoms with E-state index in [4.69, 9.17) is 14.2 Å². The molecule has 0 rings (SSSR count). The summed E-state index contributed by atoms with van der Waals surface area (Å²) in [6, 6.07) is 0. The molecule has 0 radical (unpaired) electrons. The lowest BCUT2D eigenvalue weighted by Crippen LogP contribution is -2.30. The van der Waals surface area contributed by atoms with Crippen LogP contribution in [0.15, 0.2) is 97.2 Å². The third kappa shape index (κ3) is 53.2. The second kappa shape index (κ2) is 54.9. The lowest BCUT2D eigenvalue weighted by Gasteiger charge is -2.18. The monoisotopic (exact) mass is 931 g/mol. The molecule has 0 spiro atoms. The molecule has 0 aromatic heterocycles. The van der Waals surface area contributed by atoms with Crippen LogP contribution in [0, 0.1) is 0 Å². The molecule has 67 heavy (non-hydrogen) atoms. The summed E-state index contributed by atoms with van der Waals surface area (Å²) in [6.45, 7) is 6.36. The normalized spacial score (nSPS) is 12.8. The van der Waals surface area contributed by atoms with E-state index in [0.717, 1.165) is 141 Å². The van der Waals surface area contributed by atoms with Gasteiger partial charge in [0, 0.05) is 19.3 Å². The van der Waals surface area contributed by atoms with Crippen molar-refractivity contribution in [2.45, 2.75) is 258 Å². The Labute approximate surface area is 413 Å². The summed E-state index contributed by atoms with van der Waals surface area (Å²) in [6.07, 6.45) is 72.5. The first-order valence-electron chi connectivity index (χ1n) is 27.7. The van der Waals surface area contributed by atoms with Gasteiger partial charge in [0.05, 0.1) is 0 Å². The van der Waals surface area contributed by atoms with Crippen molar-refractivity contribution in [3.05, 3.63) is 97.2 Å². The molecule has 0 saturated carbocycles. The minimum atomic E-state index is -0.797. The molecule has 0 aromatic carbocycles. The van der Waals surface area contributed by atoms with Crippen LogP contribution in [0.2, 0.25) is 0 Å². The van der Waals surface area contributed by atoms with Gasteiger partial charge in [0.2, 0.25) is 0 Å². The smallest absolute Gasteiger partial charge is 0.306 e. The second-order valence-electron chi connectivity index (χ2n) is 18.1. The van der Waals surface area contributed by atoms with E-state index in [1.54, 1.807) is 0 Å². The molecule has 0 bridgehead atoms. The molecule has 0 saturated heterocycles. The van der Waals surface area contributed by atoms with Gasteiger partial charge in [-0.15, -0.1) is 0 Å². The van der Waals surface area contributed by atoms with Crippen LogP contribution >= 0.6 is 0 Å². The molecule has 0 N–H and O–H groups in total. The van der Waals surface area contributed by atoms with Crippen LogP contribution in [0.4, 0.5) is 0 Å². The molecule has 0 aliphatic carbocycles. The van der Waals surface area contributed by atoms with Crippen LogP contribution in [0.1, 0.15) is 252 Å². The van der Waals surface area contributed by atoms with E-state index in [1.165, 1.54) is 70.6 Å². The number of ether oxygens (including phenoxy) is 3. The van der Waals surface area contributed by atoms with Gasteiger partial charge in [-0.25, -0.2) is 0 Å². The number of hydrogen-bond donors (Lipinski definition) is 0. The molecule has 6 heteroatoms. The first-order chi connectivity index (χ1) is 33.0. The number of carbonyl (C=O) groups is 3. The van der Waals surface area contributed by atoms with E-state index in [-0.39, 0.29) is 31.1 Å². The Morgan fingerprint density at radius 3 is 0.910 bits per heavy atom. The maximum Gasteiger partial charge on any atom is 0.306 e. The van der Waals surface area contributed by atoms with E-state index >= 15 is 0 Å². The van der Waals surface area contributed by atoms with Crippen molar-refractivity contribution < 1.29 is 28.6 Å². The Hall–Kier alpha value is -3.67. The molecule has 0 heterocycles. The highest BCUT2D eigenvalue weighted by atomic mass is 16.6. The molecule has 0 fully saturated rings. The third-order valence-corrected chi connectivity index (χ3v) is 11.6.